The van der Waals surface area contributed by atoms with Crippen molar-refractivity contribution in [3.05, 3.63) is 23.8 Å². The first-order valence-electron chi connectivity index (χ1n) is 5.32. The van der Waals surface area contributed by atoms with Crippen LogP contribution in [-0.2, 0) is 4.79 Å². The zero-order chi connectivity index (χ0) is 9.76. The van der Waals surface area contributed by atoms with Gasteiger partial charge in [-0.1, -0.05) is 11.6 Å². The second-order valence-corrected chi connectivity index (χ2v) is 4.84. The standard InChI is InChI=1S/C12H14O2/c13-10-2-4-12-3-1-8(11(14)7-12)5-9(12)6-10/h2,4,6,8,11,14H,1,3,5,7H2. The predicted molar refractivity (Wildman–Crippen MR) is 52.6 cm³/mol. The van der Waals surface area contributed by atoms with E-state index < -0.39 is 0 Å². The van der Waals surface area contributed by atoms with Crippen LogP contribution in [0.15, 0.2) is 23.8 Å². The minimum atomic E-state index is -0.154. The minimum Gasteiger partial charge on any atom is -0.393 e. The summed E-state index contributed by atoms with van der Waals surface area (Å²) in [5.41, 5.74) is 1.31. The number of rotatable bonds is 0. The number of hydrogen-bond acceptors (Lipinski definition) is 2. The summed E-state index contributed by atoms with van der Waals surface area (Å²) < 4.78 is 0. The summed E-state index contributed by atoms with van der Waals surface area (Å²) in [6, 6.07) is 0. The van der Waals surface area contributed by atoms with Gasteiger partial charge in [0.2, 0.25) is 0 Å². The fraction of sp³-hybridized carbons (Fsp3) is 0.583. The summed E-state index contributed by atoms with van der Waals surface area (Å²) in [6.07, 6.45) is 9.31. The van der Waals surface area contributed by atoms with Crippen molar-refractivity contribution in [2.75, 3.05) is 0 Å². The van der Waals surface area contributed by atoms with Crippen LogP contribution in [0.5, 0.6) is 0 Å². The summed E-state index contributed by atoms with van der Waals surface area (Å²) in [4.78, 5) is 11.2. The van der Waals surface area contributed by atoms with E-state index in [4.69, 9.17) is 0 Å². The van der Waals surface area contributed by atoms with E-state index >= 15 is 0 Å². The summed E-state index contributed by atoms with van der Waals surface area (Å²) in [5.74, 6) is 0.523. The van der Waals surface area contributed by atoms with Gasteiger partial charge in [0.25, 0.3) is 0 Å². The Morgan fingerprint density at radius 3 is 3.14 bits per heavy atom. The molecule has 3 saturated carbocycles. The predicted octanol–water partition coefficient (Wildman–Crippen LogP) is 1.60. The zero-order valence-electron chi connectivity index (χ0n) is 8.07. The van der Waals surface area contributed by atoms with Crippen molar-refractivity contribution in [2.24, 2.45) is 11.3 Å². The minimum absolute atomic E-state index is 0.0437. The fourth-order valence-corrected chi connectivity index (χ4v) is 3.22. The highest BCUT2D eigenvalue weighted by atomic mass is 16.3. The number of ketones is 1. The maximum absolute atomic E-state index is 11.2. The molecule has 2 nitrogen and oxygen atoms in total. The van der Waals surface area contributed by atoms with Gasteiger partial charge < -0.3 is 5.11 Å². The average molecular weight is 190 g/mol. The van der Waals surface area contributed by atoms with Gasteiger partial charge in [-0.3, -0.25) is 4.79 Å². The summed E-state index contributed by atoms with van der Waals surface area (Å²) >= 11 is 0. The lowest BCUT2D eigenvalue weighted by atomic mass is 9.55. The molecule has 4 rings (SSSR count). The number of allylic oxidation sites excluding steroid dienone is 4. The number of carbonyl (C=O) groups excluding carboxylic acids is 1. The maximum atomic E-state index is 11.2. The van der Waals surface area contributed by atoms with E-state index in [1.54, 1.807) is 12.2 Å². The molecule has 0 saturated heterocycles. The number of carbonyl (C=O) groups is 1. The van der Waals surface area contributed by atoms with Gasteiger partial charge in [0, 0.05) is 5.41 Å². The highest BCUT2D eigenvalue weighted by molar-refractivity contribution is 6.01. The Kier molecular flexibility index (Phi) is 1.55. The maximum Gasteiger partial charge on any atom is 0.178 e. The highest BCUT2D eigenvalue weighted by Gasteiger charge is 2.47. The smallest absolute Gasteiger partial charge is 0.178 e. The van der Waals surface area contributed by atoms with Crippen LogP contribution in [0.25, 0.3) is 0 Å². The summed E-state index contributed by atoms with van der Waals surface area (Å²) in [5, 5.41) is 9.85. The van der Waals surface area contributed by atoms with Crippen LogP contribution in [0.4, 0.5) is 0 Å². The molecule has 4 aliphatic carbocycles. The van der Waals surface area contributed by atoms with Crippen LogP contribution in [0, 0.1) is 11.3 Å². The fourth-order valence-electron chi connectivity index (χ4n) is 3.22. The SMILES string of the molecule is O=C1C=CC23CCC(CC2=C1)C(O)C3. The Balaban J connectivity index is 2.05. The molecule has 3 unspecified atom stereocenters. The molecule has 0 aliphatic heterocycles. The second kappa shape index (κ2) is 2.57. The molecule has 3 atom stereocenters. The highest BCUT2D eigenvalue weighted by Crippen LogP contribution is 2.55. The third-order valence-electron chi connectivity index (χ3n) is 4.08. The van der Waals surface area contributed by atoms with E-state index in [0.29, 0.717) is 5.92 Å². The van der Waals surface area contributed by atoms with Crippen molar-refractivity contribution in [1.82, 2.24) is 0 Å². The lowest BCUT2D eigenvalue weighted by molar-refractivity contribution is -0.111. The van der Waals surface area contributed by atoms with Crippen LogP contribution in [0.2, 0.25) is 0 Å². The monoisotopic (exact) mass is 190 g/mol. The largest absolute Gasteiger partial charge is 0.393 e. The number of hydrogen-bond donors (Lipinski definition) is 1. The molecule has 2 heteroatoms. The van der Waals surface area contributed by atoms with Gasteiger partial charge in [-0.05, 0) is 43.8 Å². The lowest BCUT2D eigenvalue weighted by Gasteiger charge is -2.50. The molecule has 0 aromatic heterocycles. The van der Waals surface area contributed by atoms with E-state index in [9.17, 15) is 9.90 Å². The molecule has 1 N–H and O–H groups in total. The Morgan fingerprint density at radius 1 is 1.50 bits per heavy atom. The van der Waals surface area contributed by atoms with Crippen LogP contribution < -0.4 is 0 Å². The van der Waals surface area contributed by atoms with Crippen molar-refractivity contribution in [3.63, 3.8) is 0 Å². The summed E-state index contributed by atoms with van der Waals surface area (Å²) in [6.45, 7) is 0. The molecule has 1 spiro atoms. The van der Waals surface area contributed by atoms with E-state index in [2.05, 4.69) is 0 Å². The van der Waals surface area contributed by atoms with Crippen molar-refractivity contribution in [2.45, 2.75) is 31.8 Å². The molecular formula is C12H14O2. The quantitative estimate of drug-likeness (QED) is 0.630. The van der Waals surface area contributed by atoms with Gasteiger partial charge in [0.15, 0.2) is 5.78 Å². The molecule has 0 aromatic rings. The third kappa shape index (κ3) is 0.976. The Bertz CT molecular complexity index is 353. The second-order valence-electron chi connectivity index (χ2n) is 4.84. The van der Waals surface area contributed by atoms with Crippen molar-refractivity contribution >= 4 is 5.78 Å². The van der Waals surface area contributed by atoms with Crippen LogP contribution in [-0.4, -0.2) is 17.0 Å². The van der Waals surface area contributed by atoms with Crippen molar-refractivity contribution in [3.8, 4) is 0 Å². The molecule has 14 heavy (non-hydrogen) atoms. The van der Waals surface area contributed by atoms with Gasteiger partial charge in [0.1, 0.15) is 0 Å². The molecular weight excluding hydrogens is 176 g/mol. The number of aliphatic hydroxyl groups is 1. The van der Waals surface area contributed by atoms with Gasteiger partial charge in [-0.25, -0.2) is 0 Å². The van der Waals surface area contributed by atoms with Crippen LogP contribution >= 0.6 is 0 Å². The lowest BCUT2D eigenvalue weighted by Crippen LogP contribution is -2.44. The molecule has 0 radical (unpaired) electrons. The van der Waals surface area contributed by atoms with Gasteiger partial charge in [-0.15, -0.1) is 0 Å². The average Bonchev–Trinajstić information content (AvgIpc) is 2.17. The molecule has 0 aromatic carbocycles. The first kappa shape index (κ1) is 8.42. The van der Waals surface area contributed by atoms with E-state index in [-0.39, 0.29) is 17.3 Å². The van der Waals surface area contributed by atoms with Crippen LogP contribution in [0.1, 0.15) is 25.7 Å². The van der Waals surface area contributed by atoms with E-state index in [1.165, 1.54) is 5.57 Å². The van der Waals surface area contributed by atoms with Crippen molar-refractivity contribution in [1.29, 1.82) is 0 Å². The zero-order valence-corrected chi connectivity index (χ0v) is 8.07. The first-order chi connectivity index (χ1) is 6.70. The molecule has 0 heterocycles. The molecule has 0 amide bonds. The van der Waals surface area contributed by atoms with Gasteiger partial charge in [-0.2, -0.15) is 0 Å². The van der Waals surface area contributed by atoms with Crippen molar-refractivity contribution < 1.29 is 9.90 Å². The topological polar surface area (TPSA) is 37.3 Å². The molecule has 74 valence electrons. The molecule has 3 fully saturated rings. The number of fused-ring (bicyclic) bond motifs is 2. The Hall–Kier alpha value is -0.890. The normalized spacial score (nSPS) is 44.9. The Labute approximate surface area is 83.3 Å². The summed E-state index contributed by atoms with van der Waals surface area (Å²) in [7, 11) is 0. The number of aliphatic hydroxyl groups excluding tert-OH is 1. The van der Waals surface area contributed by atoms with Gasteiger partial charge >= 0.3 is 0 Å². The Morgan fingerprint density at radius 2 is 2.36 bits per heavy atom. The molecule has 4 aliphatic rings. The van der Waals surface area contributed by atoms with E-state index in [1.807, 2.05) is 6.08 Å². The van der Waals surface area contributed by atoms with E-state index in [0.717, 1.165) is 25.7 Å². The third-order valence-corrected chi connectivity index (χ3v) is 4.08. The van der Waals surface area contributed by atoms with Gasteiger partial charge in [0.05, 0.1) is 6.10 Å². The molecule has 2 bridgehead atoms. The first-order valence-corrected chi connectivity index (χ1v) is 5.32. The van der Waals surface area contributed by atoms with Crippen LogP contribution in [0.3, 0.4) is 0 Å².